The Bertz CT molecular complexity index is 1210. The summed E-state index contributed by atoms with van der Waals surface area (Å²) >= 11 is 1.57. The maximum absolute atomic E-state index is 13.9. The molecule has 3 heterocycles. The first kappa shape index (κ1) is 39.1. The monoisotopic (exact) mass is 707 g/mol. The van der Waals surface area contributed by atoms with Gasteiger partial charge in [0.2, 0.25) is 17.7 Å². The highest BCUT2D eigenvalue weighted by atomic mass is 32.2. The van der Waals surface area contributed by atoms with Gasteiger partial charge in [0, 0.05) is 50.4 Å². The third-order valence-corrected chi connectivity index (χ3v) is 10.2. The first-order chi connectivity index (χ1) is 23.1. The number of hydrogen-bond donors (Lipinski definition) is 3. The van der Waals surface area contributed by atoms with Gasteiger partial charge in [0.1, 0.15) is 24.3 Å². The Morgan fingerprint density at radius 3 is 2.41 bits per heavy atom. The summed E-state index contributed by atoms with van der Waals surface area (Å²) in [6.45, 7) is 13.2. The predicted molar refractivity (Wildman–Crippen MR) is 188 cm³/mol. The molecule has 0 spiro atoms. The van der Waals surface area contributed by atoms with Gasteiger partial charge >= 0.3 is 6.09 Å². The van der Waals surface area contributed by atoms with E-state index < -0.39 is 41.0 Å². The van der Waals surface area contributed by atoms with E-state index in [0.29, 0.717) is 38.0 Å². The van der Waals surface area contributed by atoms with Crippen molar-refractivity contribution in [1.29, 1.82) is 0 Å². The van der Waals surface area contributed by atoms with Crippen LogP contribution in [0.2, 0.25) is 0 Å². The van der Waals surface area contributed by atoms with E-state index in [1.807, 2.05) is 47.1 Å². The molecule has 4 amide bonds. The third-order valence-electron chi connectivity index (χ3n) is 9.40. The normalized spacial score (nSPS) is 26.9. The summed E-state index contributed by atoms with van der Waals surface area (Å²) in [7, 11) is 0. The largest absolute Gasteiger partial charge is 0.444 e. The second-order valence-corrected chi connectivity index (χ2v) is 16.6. The minimum Gasteiger partial charge on any atom is -0.444 e. The number of fused-ring (bicyclic) bond motifs is 1. The number of carbonyl (C=O) groups is 4. The molecule has 3 aliphatic heterocycles. The van der Waals surface area contributed by atoms with Crippen molar-refractivity contribution in [2.45, 2.75) is 110 Å². The summed E-state index contributed by atoms with van der Waals surface area (Å²) in [6, 6.07) is -1.76. The molecule has 4 aliphatic rings. The van der Waals surface area contributed by atoms with Gasteiger partial charge in [-0.1, -0.05) is 32.9 Å². The van der Waals surface area contributed by atoms with E-state index in [0.717, 1.165) is 25.7 Å². The van der Waals surface area contributed by atoms with Crippen LogP contribution in [0.25, 0.3) is 0 Å². The molecule has 1 unspecified atom stereocenters. The SMILES string of the molecule is CC(C)(C)OC(=O)N1CCC(COCCOCC(=O)N[C@H](C(=O)N2C[C@H](O)C[C@H]2C(=O)NC2CSC=N[C@H]3CC=CC[C@H]23)C(C)(C)C)CC1. The number of amides is 4. The highest BCUT2D eigenvalue weighted by molar-refractivity contribution is 8.12. The molecule has 0 saturated carbocycles. The van der Waals surface area contributed by atoms with E-state index in [-0.39, 0.29) is 56.2 Å². The van der Waals surface area contributed by atoms with Crippen molar-refractivity contribution < 1.29 is 38.5 Å². The highest BCUT2D eigenvalue weighted by Gasteiger charge is 2.45. The zero-order chi connectivity index (χ0) is 35.8. The summed E-state index contributed by atoms with van der Waals surface area (Å²) in [5, 5.41) is 16.6. The average Bonchev–Trinajstić information content (AvgIpc) is 3.32. The van der Waals surface area contributed by atoms with Crippen LogP contribution >= 0.6 is 11.8 Å². The molecular weight excluding hydrogens is 650 g/mol. The molecular formula is C35H57N5O8S. The van der Waals surface area contributed by atoms with E-state index in [9.17, 15) is 24.3 Å². The maximum atomic E-state index is 13.9. The molecule has 276 valence electrons. The number of ether oxygens (including phenoxy) is 3. The number of likely N-dealkylation sites (tertiary alicyclic amines) is 2. The minimum absolute atomic E-state index is 0.0184. The number of piperidine rings is 1. The van der Waals surface area contributed by atoms with Gasteiger partial charge in [-0.2, -0.15) is 0 Å². The molecule has 14 heteroatoms. The number of thioether (sulfide) groups is 1. The lowest BCUT2D eigenvalue weighted by Gasteiger charge is -2.36. The van der Waals surface area contributed by atoms with Crippen molar-refractivity contribution in [2.24, 2.45) is 22.2 Å². The van der Waals surface area contributed by atoms with Gasteiger partial charge in [0.15, 0.2) is 0 Å². The molecule has 0 aromatic carbocycles. The summed E-state index contributed by atoms with van der Waals surface area (Å²) in [6.07, 6.45) is 6.59. The quantitative estimate of drug-likeness (QED) is 0.217. The molecule has 4 rings (SSSR count). The van der Waals surface area contributed by atoms with E-state index in [1.54, 1.807) is 16.7 Å². The molecule has 0 radical (unpaired) electrons. The van der Waals surface area contributed by atoms with Crippen LogP contribution < -0.4 is 10.6 Å². The second-order valence-electron chi connectivity index (χ2n) is 15.7. The number of nitrogens with zero attached hydrogens (tertiary/aromatic N) is 3. The van der Waals surface area contributed by atoms with Crippen molar-refractivity contribution in [3.8, 4) is 0 Å². The smallest absolute Gasteiger partial charge is 0.410 e. The zero-order valence-electron chi connectivity index (χ0n) is 30.0. The molecule has 2 saturated heterocycles. The number of nitrogens with one attached hydrogen (secondary N) is 2. The molecule has 1 aliphatic carbocycles. The molecule has 3 N–H and O–H groups in total. The Morgan fingerprint density at radius 1 is 1.02 bits per heavy atom. The molecule has 2 fully saturated rings. The Hall–Kier alpha value is -2.68. The van der Waals surface area contributed by atoms with Crippen LogP contribution in [0, 0.1) is 17.3 Å². The number of aliphatic imine (C=N–C) groups is 1. The molecule has 49 heavy (non-hydrogen) atoms. The fraction of sp³-hybridized carbons (Fsp3) is 0.800. The van der Waals surface area contributed by atoms with Gasteiger partial charge < -0.3 is 39.8 Å². The van der Waals surface area contributed by atoms with Gasteiger partial charge in [-0.05, 0) is 57.8 Å². The van der Waals surface area contributed by atoms with Crippen molar-refractivity contribution in [3.63, 3.8) is 0 Å². The standard InChI is InChI=1S/C35H57N5O8S/c1-34(2,3)30(38-29(42)20-47-16-15-46-19-23-11-13-39(14-12-23)33(45)48-35(4,5)6)32(44)40-18-24(41)17-28(40)31(43)37-27-21-49-22-36-26-10-8-7-9-25(26)27/h7-8,22-28,30,41H,9-21H2,1-6H3,(H,37,43)(H,38,42)/t24-,25+,26+,27?,28+,30-/m1/s1. The highest BCUT2D eigenvalue weighted by Crippen LogP contribution is 2.31. The van der Waals surface area contributed by atoms with Crippen molar-refractivity contribution in [2.75, 3.05) is 51.8 Å². The van der Waals surface area contributed by atoms with Gasteiger partial charge in [-0.25, -0.2) is 4.79 Å². The van der Waals surface area contributed by atoms with Crippen LogP contribution in [-0.2, 0) is 28.6 Å². The van der Waals surface area contributed by atoms with Crippen LogP contribution in [0.1, 0.15) is 73.6 Å². The summed E-state index contributed by atoms with van der Waals surface area (Å²) in [5.41, 5.74) is 0.684. The Morgan fingerprint density at radius 2 is 1.71 bits per heavy atom. The number of hydrogen-bond acceptors (Lipinski definition) is 10. The number of β-amino-alcohol motifs (C(OH)–C–C–N with tert-alkyl or cyclic N) is 1. The lowest BCUT2D eigenvalue weighted by atomic mass is 9.84. The Labute approximate surface area is 295 Å². The summed E-state index contributed by atoms with van der Waals surface area (Å²) in [5.74, 6) is 0.0466. The van der Waals surface area contributed by atoms with Gasteiger partial charge in [-0.15, -0.1) is 11.8 Å². The predicted octanol–water partition coefficient (Wildman–Crippen LogP) is 2.75. The van der Waals surface area contributed by atoms with Gasteiger partial charge in [0.25, 0.3) is 0 Å². The second kappa shape index (κ2) is 17.5. The first-order valence-corrected chi connectivity index (χ1v) is 18.7. The average molecular weight is 708 g/mol. The number of allylic oxidation sites excluding steroid dienone is 1. The number of aliphatic hydroxyl groups excluding tert-OH is 1. The fourth-order valence-electron chi connectivity index (χ4n) is 6.71. The molecule has 6 atom stereocenters. The van der Waals surface area contributed by atoms with Crippen molar-refractivity contribution in [3.05, 3.63) is 12.2 Å². The molecule has 0 aromatic heterocycles. The molecule has 13 nitrogen and oxygen atoms in total. The van der Waals surface area contributed by atoms with Crippen molar-refractivity contribution in [1.82, 2.24) is 20.4 Å². The van der Waals surface area contributed by atoms with E-state index in [4.69, 9.17) is 14.2 Å². The maximum Gasteiger partial charge on any atom is 0.410 e. The Balaban J connectivity index is 1.21. The van der Waals surface area contributed by atoms with Crippen LogP contribution in [0.5, 0.6) is 0 Å². The topological polar surface area (TPSA) is 159 Å². The minimum atomic E-state index is -0.929. The first-order valence-electron chi connectivity index (χ1n) is 17.6. The number of rotatable bonds is 11. The van der Waals surface area contributed by atoms with E-state index in [2.05, 4.69) is 27.8 Å². The van der Waals surface area contributed by atoms with Gasteiger partial charge in [0.05, 0.1) is 30.9 Å². The third kappa shape index (κ3) is 11.7. The van der Waals surface area contributed by atoms with Crippen molar-refractivity contribution >= 4 is 41.1 Å². The van der Waals surface area contributed by atoms with Crippen LogP contribution in [-0.4, -0.2) is 132 Å². The Kier molecular flexibility index (Phi) is 14.0. The lowest BCUT2D eigenvalue weighted by Crippen LogP contribution is -2.59. The zero-order valence-corrected chi connectivity index (χ0v) is 30.8. The molecule has 0 aromatic rings. The van der Waals surface area contributed by atoms with E-state index in [1.165, 1.54) is 4.90 Å². The van der Waals surface area contributed by atoms with Crippen LogP contribution in [0.4, 0.5) is 4.79 Å². The van der Waals surface area contributed by atoms with E-state index >= 15 is 0 Å². The summed E-state index contributed by atoms with van der Waals surface area (Å²) < 4.78 is 16.8. The number of carbonyl (C=O) groups excluding carboxylic acids is 4. The molecule has 0 bridgehead atoms. The number of aliphatic hydroxyl groups is 1. The van der Waals surface area contributed by atoms with Gasteiger partial charge in [-0.3, -0.25) is 19.4 Å². The fourth-order valence-corrected chi connectivity index (χ4v) is 7.57. The van der Waals surface area contributed by atoms with Crippen LogP contribution in [0.15, 0.2) is 17.1 Å². The van der Waals surface area contributed by atoms with Crippen LogP contribution in [0.3, 0.4) is 0 Å². The lowest BCUT2D eigenvalue weighted by molar-refractivity contribution is -0.145. The summed E-state index contributed by atoms with van der Waals surface area (Å²) in [4.78, 5) is 60.6.